The van der Waals surface area contributed by atoms with Crippen LogP contribution in [0, 0.1) is 6.07 Å². The summed E-state index contributed by atoms with van der Waals surface area (Å²) < 4.78 is 6.72. The molecule has 2 aromatic heterocycles. The van der Waals surface area contributed by atoms with Crippen LogP contribution in [0.15, 0.2) is 41.3 Å². The number of pyridine rings is 1. The van der Waals surface area contributed by atoms with Crippen molar-refractivity contribution in [3.05, 3.63) is 52.9 Å². The van der Waals surface area contributed by atoms with E-state index in [2.05, 4.69) is 16.0 Å². The van der Waals surface area contributed by atoms with E-state index in [0.717, 1.165) is 40.9 Å². The van der Waals surface area contributed by atoms with E-state index < -0.39 is 11.6 Å². The molecular weight excluding hydrogens is 344 g/mol. The number of benzene rings is 1. The van der Waals surface area contributed by atoms with Crippen molar-refractivity contribution >= 4 is 16.9 Å². The van der Waals surface area contributed by atoms with Gasteiger partial charge in [0, 0.05) is 29.7 Å². The maximum Gasteiger partial charge on any atom is 0.325 e. The van der Waals surface area contributed by atoms with Crippen LogP contribution < -0.4 is 16.0 Å². The fraction of sp³-hybridized carbons (Fsp3) is 0.300. The summed E-state index contributed by atoms with van der Waals surface area (Å²) in [5.41, 5.74) is 6.57. The van der Waals surface area contributed by atoms with Gasteiger partial charge in [-0.1, -0.05) is 0 Å². The zero-order chi connectivity index (χ0) is 18.8. The molecule has 0 atom stereocenters. The number of nitrogens with zero attached hydrogens (tertiary/aromatic N) is 2. The first-order valence-corrected chi connectivity index (χ1v) is 9.03. The minimum Gasteiger partial charge on any atom is -0.492 e. The molecule has 0 saturated carbocycles. The molecule has 0 bridgehead atoms. The van der Waals surface area contributed by atoms with Gasteiger partial charge in [-0.3, -0.25) is 9.69 Å². The largest absolute Gasteiger partial charge is 0.492 e. The molecule has 0 spiro atoms. The molecule has 1 aromatic carbocycles. The van der Waals surface area contributed by atoms with E-state index in [1.54, 1.807) is 6.07 Å². The van der Waals surface area contributed by atoms with E-state index >= 15 is 0 Å². The van der Waals surface area contributed by atoms with E-state index in [1.165, 1.54) is 19.0 Å². The molecule has 7 nitrogen and oxygen atoms in total. The van der Waals surface area contributed by atoms with Crippen LogP contribution in [0.3, 0.4) is 0 Å². The number of H-pyrrole nitrogens is 1. The number of nitrogens with one attached hydrogen (secondary N) is 1. The van der Waals surface area contributed by atoms with Gasteiger partial charge in [0.1, 0.15) is 12.4 Å². The summed E-state index contributed by atoms with van der Waals surface area (Å²) in [5, 5.41) is 0.928. The molecule has 3 heterocycles. The third kappa shape index (κ3) is 3.59. The van der Waals surface area contributed by atoms with E-state index in [-0.39, 0.29) is 0 Å². The highest BCUT2D eigenvalue weighted by Gasteiger charge is 2.13. The van der Waals surface area contributed by atoms with Crippen molar-refractivity contribution < 1.29 is 9.53 Å². The van der Waals surface area contributed by atoms with Gasteiger partial charge >= 0.3 is 6.03 Å². The Kier molecular flexibility index (Phi) is 4.68. The minimum absolute atomic E-state index is 0.337. The van der Waals surface area contributed by atoms with Crippen molar-refractivity contribution in [2.24, 2.45) is 5.73 Å². The number of fused-ring (bicyclic) bond motifs is 1. The Labute approximate surface area is 156 Å². The van der Waals surface area contributed by atoms with Gasteiger partial charge in [0.2, 0.25) is 0 Å². The highest BCUT2D eigenvalue weighted by Crippen LogP contribution is 2.25. The van der Waals surface area contributed by atoms with Crippen molar-refractivity contribution in [3.63, 3.8) is 0 Å². The van der Waals surface area contributed by atoms with Crippen LogP contribution in [0.25, 0.3) is 22.2 Å². The summed E-state index contributed by atoms with van der Waals surface area (Å²) in [6.45, 7) is 3.89. The SMILES string of the molecule is NC(=O)n1c[c]cc(-c2cc3cc(OCCN4CCCC4)ccc3[nH]2)c1=O. The lowest BCUT2D eigenvalue weighted by atomic mass is 10.2. The molecule has 0 aliphatic carbocycles. The van der Waals surface area contributed by atoms with Crippen LogP contribution in [-0.2, 0) is 0 Å². The van der Waals surface area contributed by atoms with Gasteiger partial charge in [-0.25, -0.2) is 9.36 Å². The zero-order valence-electron chi connectivity index (χ0n) is 14.9. The topological polar surface area (TPSA) is 93.3 Å². The van der Waals surface area contributed by atoms with Crippen molar-refractivity contribution in [1.82, 2.24) is 14.5 Å². The summed E-state index contributed by atoms with van der Waals surface area (Å²) in [5.74, 6) is 0.793. The average molecular weight is 365 g/mol. The van der Waals surface area contributed by atoms with Crippen molar-refractivity contribution in [1.29, 1.82) is 0 Å². The molecule has 4 rings (SSSR count). The van der Waals surface area contributed by atoms with Gasteiger partial charge in [-0.15, -0.1) is 0 Å². The average Bonchev–Trinajstić information content (AvgIpc) is 3.30. The second kappa shape index (κ2) is 7.28. The van der Waals surface area contributed by atoms with Crippen LogP contribution in [0.2, 0.25) is 0 Å². The number of amides is 1. The standard InChI is InChI=1S/C20H21N4O3/c21-20(26)24-9-3-4-16(19(24)25)18-13-14-12-15(5-6-17(14)22-18)27-11-10-23-7-1-2-8-23/h4-6,9,12-13,22H,1-2,7-8,10-11H2,(H2,21,26). The second-order valence-corrected chi connectivity index (χ2v) is 6.70. The number of carbonyl (C=O) groups excluding carboxylic acids is 1. The van der Waals surface area contributed by atoms with Gasteiger partial charge in [0.15, 0.2) is 0 Å². The molecule has 1 radical (unpaired) electrons. The van der Waals surface area contributed by atoms with E-state index in [1.807, 2.05) is 24.3 Å². The highest BCUT2D eigenvalue weighted by molar-refractivity contribution is 5.87. The quantitative estimate of drug-likeness (QED) is 0.725. The Balaban J connectivity index is 1.55. The molecule has 3 aromatic rings. The van der Waals surface area contributed by atoms with E-state index in [0.29, 0.717) is 17.9 Å². The number of likely N-dealkylation sites (tertiary alicyclic amines) is 1. The number of rotatable bonds is 5. The molecule has 1 fully saturated rings. The van der Waals surface area contributed by atoms with E-state index in [4.69, 9.17) is 10.5 Å². The van der Waals surface area contributed by atoms with Crippen molar-refractivity contribution in [2.45, 2.75) is 12.8 Å². The predicted octanol–water partition coefficient (Wildman–Crippen LogP) is 2.20. The summed E-state index contributed by atoms with van der Waals surface area (Å²) in [4.78, 5) is 29.4. The van der Waals surface area contributed by atoms with E-state index in [9.17, 15) is 9.59 Å². The van der Waals surface area contributed by atoms with Gasteiger partial charge < -0.3 is 15.5 Å². The molecule has 1 amide bonds. The Morgan fingerprint density at radius 3 is 2.85 bits per heavy atom. The zero-order valence-corrected chi connectivity index (χ0v) is 14.9. The number of hydrogen-bond donors (Lipinski definition) is 2. The maximum atomic E-state index is 12.4. The third-order valence-electron chi connectivity index (χ3n) is 4.88. The fourth-order valence-corrected chi connectivity index (χ4v) is 3.45. The third-order valence-corrected chi connectivity index (χ3v) is 4.88. The van der Waals surface area contributed by atoms with Gasteiger partial charge in [0.05, 0.1) is 11.3 Å². The van der Waals surface area contributed by atoms with Crippen LogP contribution in [0.5, 0.6) is 5.75 Å². The van der Waals surface area contributed by atoms with Crippen LogP contribution in [0.1, 0.15) is 12.8 Å². The number of ether oxygens (including phenoxy) is 1. The molecule has 27 heavy (non-hydrogen) atoms. The maximum absolute atomic E-state index is 12.4. The summed E-state index contributed by atoms with van der Waals surface area (Å²) in [6.07, 6.45) is 3.78. The molecular formula is C20H21N4O3. The summed E-state index contributed by atoms with van der Waals surface area (Å²) in [6, 6.07) is 11.1. The molecule has 7 heteroatoms. The number of nitrogens with two attached hydrogens (primary N) is 1. The normalized spacial score (nSPS) is 14.7. The Morgan fingerprint density at radius 2 is 2.07 bits per heavy atom. The van der Waals surface area contributed by atoms with Crippen molar-refractivity contribution in [3.8, 4) is 17.0 Å². The van der Waals surface area contributed by atoms with Crippen LogP contribution in [0.4, 0.5) is 4.79 Å². The number of hydrogen-bond acceptors (Lipinski definition) is 4. The van der Waals surface area contributed by atoms with Gasteiger partial charge in [0.25, 0.3) is 5.56 Å². The van der Waals surface area contributed by atoms with Gasteiger partial charge in [-0.2, -0.15) is 0 Å². The Bertz CT molecular complexity index is 1030. The molecule has 139 valence electrons. The lowest BCUT2D eigenvalue weighted by Crippen LogP contribution is -2.31. The Morgan fingerprint density at radius 1 is 1.26 bits per heavy atom. The summed E-state index contributed by atoms with van der Waals surface area (Å²) >= 11 is 0. The van der Waals surface area contributed by atoms with Gasteiger partial charge in [-0.05, 0) is 56.3 Å². The first kappa shape index (κ1) is 17.4. The van der Waals surface area contributed by atoms with Crippen LogP contribution in [-0.4, -0.2) is 46.7 Å². The van der Waals surface area contributed by atoms with Crippen LogP contribution >= 0.6 is 0 Å². The highest BCUT2D eigenvalue weighted by atomic mass is 16.5. The number of aromatic nitrogens is 2. The number of aromatic amines is 1. The Hall–Kier alpha value is -3.06. The fourth-order valence-electron chi connectivity index (χ4n) is 3.45. The molecule has 1 saturated heterocycles. The first-order valence-electron chi connectivity index (χ1n) is 9.03. The lowest BCUT2D eigenvalue weighted by Gasteiger charge is -2.14. The number of carbonyl (C=O) groups is 1. The second-order valence-electron chi connectivity index (χ2n) is 6.70. The monoisotopic (exact) mass is 365 g/mol. The smallest absolute Gasteiger partial charge is 0.325 e. The minimum atomic E-state index is -0.831. The molecule has 1 aliphatic rings. The predicted molar refractivity (Wildman–Crippen MR) is 103 cm³/mol. The first-order chi connectivity index (χ1) is 13.1. The van der Waals surface area contributed by atoms with Crippen molar-refractivity contribution in [2.75, 3.05) is 26.2 Å². The lowest BCUT2D eigenvalue weighted by molar-refractivity contribution is 0.238. The number of primary amides is 1. The molecule has 3 N–H and O–H groups in total. The molecule has 0 unspecified atom stereocenters. The molecule has 1 aliphatic heterocycles. The summed E-state index contributed by atoms with van der Waals surface area (Å²) in [7, 11) is 0.